The van der Waals surface area contributed by atoms with Crippen LogP contribution >= 0.6 is 0 Å². The zero-order valence-corrected chi connectivity index (χ0v) is 11.7. The Morgan fingerprint density at radius 1 is 1.20 bits per heavy atom. The average molecular weight is 266 g/mol. The maximum atomic E-state index is 11.7. The lowest BCUT2D eigenvalue weighted by atomic mass is 9.86. The molecule has 2 aromatic rings. The predicted octanol–water partition coefficient (Wildman–Crippen LogP) is 4.12. The highest BCUT2D eigenvalue weighted by Crippen LogP contribution is 2.33. The van der Waals surface area contributed by atoms with Crippen molar-refractivity contribution in [1.29, 1.82) is 0 Å². The van der Waals surface area contributed by atoms with Crippen molar-refractivity contribution in [2.75, 3.05) is 6.61 Å². The second-order valence-corrected chi connectivity index (χ2v) is 5.06. The number of fused-ring (bicyclic) bond motifs is 3. The van der Waals surface area contributed by atoms with Gasteiger partial charge in [-0.15, -0.1) is 0 Å². The van der Waals surface area contributed by atoms with Gasteiger partial charge in [0.25, 0.3) is 0 Å². The van der Waals surface area contributed by atoms with Gasteiger partial charge in [-0.05, 0) is 47.2 Å². The molecule has 0 spiro atoms. The Morgan fingerprint density at radius 3 is 2.90 bits per heavy atom. The summed E-state index contributed by atoms with van der Waals surface area (Å²) in [6, 6.07) is 12.7. The van der Waals surface area contributed by atoms with Crippen molar-refractivity contribution in [3.05, 3.63) is 53.6 Å². The normalized spacial score (nSPS) is 13.8. The Morgan fingerprint density at radius 2 is 2.05 bits per heavy atom. The molecule has 3 rings (SSSR count). The minimum Gasteiger partial charge on any atom is -0.466 e. The van der Waals surface area contributed by atoms with Crippen molar-refractivity contribution in [1.82, 2.24) is 0 Å². The molecule has 20 heavy (non-hydrogen) atoms. The Balaban J connectivity index is 2.01. The average Bonchev–Trinajstić information content (AvgIpc) is 2.47. The van der Waals surface area contributed by atoms with Crippen LogP contribution in [0.5, 0.6) is 0 Å². The fraction of sp³-hybridized carbons (Fsp3) is 0.278. The number of hydrogen-bond donors (Lipinski definition) is 0. The molecule has 0 fully saturated rings. The van der Waals surface area contributed by atoms with Gasteiger partial charge in [0.1, 0.15) is 0 Å². The first-order valence-electron chi connectivity index (χ1n) is 7.15. The van der Waals surface area contributed by atoms with Crippen molar-refractivity contribution >= 4 is 22.3 Å². The van der Waals surface area contributed by atoms with Crippen LogP contribution in [0.2, 0.25) is 0 Å². The topological polar surface area (TPSA) is 26.3 Å². The molecule has 0 bridgehead atoms. The standard InChI is InChI=1S/C18H18O2/c1-2-20-18(19)12-14-7-5-9-17-15-8-4-3-6-13(15)10-11-16(14)17/h3-4,6-8,10-11H,2,5,9,12H2,1H3. The van der Waals surface area contributed by atoms with E-state index in [9.17, 15) is 4.79 Å². The summed E-state index contributed by atoms with van der Waals surface area (Å²) in [6.07, 6.45) is 4.59. The van der Waals surface area contributed by atoms with Gasteiger partial charge < -0.3 is 4.74 Å². The molecule has 0 heterocycles. The fourth-order valence-corrected chi connectivity index (χ4v) is 2.94. The SMILES string of the molecule is CCOC(=O)CC1=CCCc2c1ccc1ccccc21. The van der Waals surface area contributed by atoms with Gasteiger partial charge in [0.2, 0.25) is 0 Å². The second-order valence-electron chi connectivity index (χ2n) is 5.06. The lowest BCUT2D eigenvalue weighted by Crippen LogP contribution is -2.08. The molecule has 0 saturated carbocycles. The highest BCUT2D eigenvalue weighted by molar-refractivity contribution is 5.94. The number of carbonyl (C=O) groups is 1. The molecule has 2 nitrogen and oxygen atoms in total. The zero-order chi connectivity index (χ0) is 13.9. The number of rotatable bonds is 3. The van der Waals surface area contributed by atoms with Crippen molar-refractivity contribution in [2.24, 2.45) is 0 Å². The number of benzene rings is 2. The van der Waals surface area contributed by atoms with E-state index in [2.05, 4.69) is 42.5 Å². The molecule has 0 unspecified atom stereocenters. The van der Waals surface area contributed by atoms with Gasteiger partial charge in [-0.1, -0.05) is 42.5 Å². The van der Waals surface area contributed by atoms with E-state index >= 15 is 0 Å². The van der Waals surface area contributed by atoms with Crippen LogP contribution in [0.25, 0.3) is 16.3 Å². The molecular weight excluding hydrogens is 248 g/mol. The summed E-state index contributed by atoms with van der Waals surface area (Å²) in [4.78, 5) is 11.7. The summed E-state index contributed by atoms with van der Waals surface area (Å²) >= 11 is 0. The fourth-order valence-electron chi connectivity index (χ4n) is 2.94. The van der Waals surface area contributed by atoms with Gasteiger partial charge in [-0.2, -0.15) is 0 Å². The van der Waals surface area contributed by atoms with Gasteiger partial charge in [-0.25, -0.2) is 0 Å². The smallest absolute Gasteiger partial charge is 0.310 e. The number of allylic oxidation sites excluding steroid dienone is 1. The molecule has 0 aliphatic heterocycles. The van der Waals surface area contributed by atoms with Crippen LogP contribution < -0.4 is 0 Å². The quantitative estimate of drug-likeness (QED) is 0.781. The number of ether oxygens (including phenoxy) is 1. The van der Waals surface area contributed by atoms with Crippen LogP contribution in [0.15, 0.2) is 42.5 Å². The molecule has 0 N–H and O–H groups in total. The summed E-state index contributed by atoms with van der Waals surface area (Å²) < 4.78 is 5.07. The third-order valence-electron chi connectivity index (χ3n) is 3.81. The summed E-state index contributed by atoms with van der Waals surface area (Å²) in [5.41, 5.74) is 3.68. The molecule has 0 aromatic heterocycles. The molecule has 2 aromatic carbocycles. The van der Waals surface area contributed by atoms with Crippen molar-refractivity contribution < 1.29 is 9.53 Å². The molecular formula is C18H18O2. The van der Waals surface area contributed by atoms with Crippen molar-refractivity contribution in [3.8, 4) is 0 Å². The van der Waals surface area contributed by atoms with E-state index in [-0.39, 0.29) is 5.97 Å². The maximum Gasteiger partial charge on any atom is 0.310 e. The Bertz CT molecular complexity index is 683. The first-order chi connectivity index (χ1) is 9.79. The number of aryl methyl sites for hydroxylation is 1. The van der Waals surface area contributed by atoms with Crippen LogP contribution in [0.4, 0.5) is 0 Å². The summed E-state index contributed by atoms with van der Waals surface area (Å²) in [5.74, 6) is -0.139. The number of hydrogen-bond acceptors (Lipinski definition) is 2. The Labute approximate surface area is 119 Å². The first kappa shape index (κ1) is 12.9. The second kappa shape index (κ2) is 5.49. The first-order valence-corrected chi connectivity index (χ1v) is 7.15. The van der Waals surface area contributed by atoms with E-state index < -0.39 is 0 Å². The van der Waals surface area contributed by atoms with Crippen molar-refractivity contribution in [3.63, 3.8) is 0 Å². The van der Waals surface area contributed by atoms with E-state index in [1.165, 1.54) is 21.9 Å². The molecule has 0 saturated heterocycles. The van der Waals surface area contributed by atoms with Crippen LogP contribution in [-0.2, 0) is 16.0 Å². The number of esters is 1. The molecule has 1 aliphatic carbocycles. The molecule has 0 amide bonds. The van der Waals surface area contributed by atoms with Crippen LogP contribution in [-0.4, -0.2) is 12.6 Å². The minimum atomic E-state index is -0.139. The van der Waals surface area contributed by atoms with Crippen LogP contribution in [0.3, 0.4) is 0 Å². The van der Waals surface area contributed by atoms with E-state index in [0.29, 0.717) is 13.0 Å². The Kier molecular flexibility index (Phi) is 3.55. The van der Waals surface area contributed by atoms with Crippen LogP contribution in [0, 0.1) is 0 Å². The predicted molar refractivity (Wildman–Crippen MR) is 81.5 cm³/mol. The van der Waals surface area contributed by atoms with E-state index in [0.717, 1.165) is 18.4 Å². The Hall–Kier alpha value is -2.09. The van der Waals surface area contributed by atoms with Crippen LogP contribution in [0.1, 0.15) is 30.9 Å². The third kappa shape index (κ3) is 2.34. The molecule has 0 radical (unpaired) electrons. The van der Waals surface area contributed by atoms with Crippen molar-refractivity contribution in [2.45, 2.75) is 26.2 Å². The third-order valence-corrected chi connectivity index (χ3v) is 3.81. The summed E-state index contributed by atoms with van der Waals surface area (Å²) in [5, 5.41) is 2.57. The lowest BCUT2D eigenvalue weighted by molar-refractivity contribution is -0.141. The molecule has 102 valence electrons. The van der Waals surface area contributed by atoms with Gasteiger partial charge in [0.15, 0.2) is 0 Å². The number of carbonyl (C=O) groups excluding carboxylic acids is 1. The summed E-state index contributed by atoms with van der Waals surface area (Å²) in [7, 11) is 0. The lowest BCUT2D eigenvalue weighted by Gasteiger charge is -2.19. The summed E-state index contributed by atoms with van der Waals surface area (Å²) in [6.45, 7) is 2.28. The van der Waals surface area contributed by atoms with Gasteiger partial charge >= 0.3 is 5.97 Å². The largest absolute Gasteiger partial charge is 0.466 e. The highest BCUT2D eigenvalue weighted by atomic mass is 16.5. The molecule has 1 aliphatic rings. The van der Waals surface area contributed by atoms with Gasteiger partial charge in [0.05, 0.1) is 13.0 Å². The van der Waals surface area contributed by atoms with E-state index in [1.807, 2.05) is 6.92 Å². The van der Waals surface area contributed by atoms with E-state index in [4.69, 9.17) is 4.74 Å². The maximum absolute atomic E-state index is 11.7. The zero-order valence-electron chi connectivity index (χ0n) is 11.7. The van der Waals surface area contributed by atoms with Gasteiger partial charge in [-0.3, -0.25) is 4.79 Å². The monoisotopic (exact) mass is 266 g/mol. The van der Waals surface area contributed by atoms with E-state index in [1.54, 1.807) is 0 Å². The highest BCUT2D eigenvalue weighted by Gasteiger charge is 2.17. The minimum absolute atomic E-state index is 0.139. The molecule has 0 atom stereocenters. The van der Waals surface area contributed by atoms with Gasteiger partial charge in [0, 0.05) is 0 Å². The molecule has 2 heteroatoms.